The highest BCUT2D eigenvalue weighted by Gasteiger charge is 2.02. The molecule has 0 spiro atoms. The van der Waals surface area contributed by atoms with Gasteiger partial charge in [0.1, 0.15) is 0 Å². The molecule has 1 aromatic rings. The van der Waals surface area contributed by atoms with Crippen LogP contribution in [0.2, 0.25) is 0 Å². The summed E-state index contributed by atoms with van der Waals surface area (Å²) >= 11 is 0. The topological polar surface area (TPSA) is 78.4 Å². The van der Waals surface area contributed by atoms with Crippen molar-refractivity contribution in [2.24, 2.45) is 0 Å². The second-order valence-electron chi connectivity index (χ2n) is 3.96. The summed E-state index contributed by atoms with van der Waals surface area (Å²) < 4.78 is 0. The predicted octanol–water partition coefficient (Wildman–Crippen LogP) is 0.653. The number of carboxylic acid groups (broad SMARTS) is 1. The maximum atomic E-state index is 11.3. The molecule has 1 amide bonds. The Morgan fingerprint density at radius 2 is 1.83 bits per heavy atom. The molecule has 3 N–H and O–H groups in total. The molecule has 0 atom stereocenters. The number of hydrogen-bond acceptors (Lipinski definition) is 3. The van der Waals surface area contributed by atoms with E-state index in [1.165, 1.54) is 0 Å². The Kier molecular flexibility index (Phi) is 5.87. The fourth-order valence-electron chi connectivity index (χ4n) is 1.49. The van der Waals surface area contributed by atoms with E-state index in [2.05, 4.69) is 10.6 Å². The normalized spacial score (nSPS) is 10.1. The number of benzene rings is 1. The molecule has 0 unspecified atom stereocenters. The standard InChI is InChI=1S/C13H18N2O3/c1-14-8-7-12(16)15-9-6-10-2-4-11(5-3-10)13(17)18/h2-5,14H,6-9H2,1H3,(H,15,16)(H,17,18). The van der Waals surface area contributed by atoms with Crippen molar-refractivity contribution in [3.05, 3.63) is 35.4 Å². The van der Waals surface area contributed by atoms with E-state index < -0.39 is 5.97 Å². The number of amides is 1. The second-order valence-corrected chi connectivity index (χ2v) is 3.96. The lowest BCUT2D eigenvalue weighted by molar-refractivity contribution is -0.120. The lowest BCUT2D eigenvalue weighted by Crippen LogP contribution is -2.28. The molecule has 0 fully saturated rings. The zero-order valence-electron chi connectivity index (χ0n) is 10.4. The molecular formula is C13H18N2O3. The van der Waals surface area contributed by atoms with Gasteiger partial charge in [-0.15, -0.1) is 0 Å². The van der Waals surface area contributed by atoms with Crippen LogP contribution >= 0.6 is 0 Å². The van der Waals surface area contributed by atoms with Crippen LogP contribution in [0.4, 0.5) is 0 Å². The summed E-state index contributed by atoms with van der Waals surface area (Å²) in [5.41, 5.74) is 1.28. The van der Waals surface area contributed by atoms with Gasteiger partial charge in [-0.25, -0.2) is 4.79 Å². The van der Waals surface area contributed by atoms with Crippen LogP contribution in [-0.2, 0) is 11.2 Å². The number of carbonyl (C=O) groups excluding carboxylic acids is 1. The molecule has 0 aromatic heterocycles. The molecule has 0 radical (unpaired) electrons. The van der Waals surface area contributed by atoms with Crippen LogP contribution < -0.4 is 10.6 Å². The first-order valence-electron chi connectivity index (χ1n) is 5.87. The quantitative estimate of drug-likeness (QED) is 0.664. The van der Waals surface area contributed by atoms with Crippen LogP contribution in [0.15, 0.2) is 24.3 Å². The number of aromatic carboxylic acids is 1. The summed E-state index contributed by atoms with van der Waals surface area (Å²) in [6, 6.07) is 6.67. The minimum Gasteiger partial charge on any atom is -0.478 e. The predicted molar refractivity (Wildman–Crippen MR) is 68.7 cm³/mol. The van der Waals surface area contributed by atoms with Crippen molar-refractivity contribution in [3.8, 4) is 0 Å². The number of hydrogen-bond donors (Lipinski definition) is 3. The number of carboxylic acids is 1. The largest absolute Gasteiger partial charge is 0.478 e. The van der Waals surface area contributed by atoms with Gasteiger partial charge < -0.3 is 15.7 Å². The van der Waals surface area contributed by atoms with Crippen molar-refractivity contribution in [2.45, 2.75) is 12.8 Å². The van der Waals surface area contributed by atoms with Crippen LogP contribution in [0.1, 0.15) is 22.3 Å². The van der Waals surface area contributed by atoms with Crippen molar-refractivity contribution in [3.63, 3.8) is 0 Å². The first-order valence-corrected chi connectivity index (χ1v) is 5.87. The summed E-state index contributed by atoms with van der Waals surface area (Å²) in [7, 11) is 1.80. The lowest BCUT2D eigenvalue weighted by Gasteiger charge is -2.05. The summed E-state index contributed by atoms with van der Waals surface area (Å²) in [6.45, 7) is 1.23. The van der Waals surface area contributed by atoms with E-state index in [-0.39, 0.29) is 11.5 Å². The number of carbonyl (C=O) groups is 2. The minimum absolute atomic E-state index is 0.0199. The average Bonchev–Trinajstić information content (AvgIpc) is 2.37. The molecule has 1 rings (SSSR count). The Hall–Kier alpha value is -1.88. The van der Waals surface area contributed by atoms with Gasteiger partial charge in [-0.3, -0.25) is 4.79 Å². The van der Waals surface area contributed by atoms with E-state index in [1.807, 2.05) is 0 Å². The van der Waals surface area contributed by atoms with Gasteiger partial charge in [0.25, 0.3) is 0 Å². The third kappa shape index (κ3) is 4.97. The zero-order chi connectivity index (χ0) is 13.4. The lowest BCUT2D eigenvalue weighted by atomic mass is 10.1. The maximum absolute atomic E-state index is 11.3. The number of nitrogens with one attached hydrogen (secondary N) is 2. The summed E-state index contributed by atoms with van der Waals surface area (Å²) in [4.78, 5) is 22.0. The SMILES string of the molecule is CNCCC(=O)NCCc1ccc(C(=O)O)cc1. The smallest absolute Gasteiger partial charge is 0.335 e. The van der Waals surface area contributed by atoms with Crippen molar-refractivity contribution >= 4 is 11.9 Å². The first kappa shape index (κ1) is 14.2. The fourth-order valence-corrected chi connectivity index (χ4v) is 1.49. The minimum atomic E-state index is -0.929. The first-order chi connectivity index (χ1) is 8.63. The van der Waals surface area contributed by atoms with E-state index in [4.69, 9.17) is 5.11 Å². The molecule has 0 aliphatic heterocycles. The van der Waals surface area contributed by atoms with Gasteiger partial charge in [0, 0.05) is 19.5 Å². The van der Waals surface area contributed by atoms with Gasteiger partial charge in [-0.2, -0.15) is 0 Å². The Morgan fingerprint density at radius 3 is 2.39 bits per heavy atom. The van der Waals surface area contributed by atoms with Gasteiger partial charge in [-0.05, 0) is 31.2 Å². The molecule has 0 aliphatic carbocycles. The van der Waals surface area contributed by atoms with E-state index in [1.54, 1.807) is 31.3 Å². The Morgan fingerprint density at radius 1 is 1.17 bits per heavy atom. The van der Waals surface area contributed by atoms with Crippen LogP contribution in [0.25, 0.3) is 0 Å². The third-order valence-corrected chi connectivity index (χ3v) is 2.54. The van der Waals surface area contributed by atoms with Crippen molar-refractivity contribution in [1.82, 2.24) is 10.6 Å². The fraction of sp³-hybridized carbons (Fsp3) is 0.385. The maximum Gasteiger partial charge on any atom is 0.335 e. The van der Waals surface area contributed by atoms with Crippen molar-refractivity contribution < 1.29 is 14.7 Å². The highest BCUT2D eigenvalue weighted by molar-refractivity contribution is 5.87. The van der Waals surface area contributed by atoms with Gasteiger partial charge in [0.05, 0.1) is 5.56 Å². The van der Waals surface area contributed by atoms with Gasteiger partial charge >= 0.3 is 5.97 Å². The molecule has 5 heteroatoms. The van der Waals surface area contributed by atoms with E-state index >= 15 is 0 Å². The molecule has 5 nitrogen and oxygen atoms in total. The summed E-state index contributed by atoms with van der Waals surface area (Å²) in [5.74, 6) is -0.909. The zero-order valence-corrected chi connectivity index (χ0v) is 10.4. The van der Waals surface area contributed by atoms with Crippen molar-refractivity contribution in [2.75, 3.05) is 20.1 Å². The average molecular weight is 250 g/mol. The molecule has 0 saturated carbocycles. The Balaban J connectivity index is 2.31. The van der Waals surface area contributed by atoms with Gasteiger partial charge in [-0.1, -0.05) is 12.1 Å². The molecular weight excluding hydrogens is 232 g/mol. The van der Waals surface area contributed by atoms with Crippen molar-refractivity contribution in [1.29, 1.82) is 0 Å². The monoisotopic (exact) mass is 250 g/mol. The Labute approximate surface area is 106 Å². The second kappa shape index (κ2) is 7.45. The van der Waals surface area contributed by atoms with E-state index in [0.717, 1.165) is 5.56 Å². The summed E-state index contributed by atoms with van der Waals surface area (Å²) in [6.07, 6.45) is 1.17. The van der Waals surface area contributed by atoms with Crippen LogP contribution in [0.3, 0.4) is 0 Å². The van der Waals surface area contributed by atoms with Crippen LogP contribution in [0, 0.1) is 0 Å². The molecule has 18 heavy (non-hydrogen) atoms. The molecule has 98 valence electrons. The molecule has 0 heterocycles. The molecule has 1 aromatic carbocycles. The van der Waals surface area contributed by atoms with Gasteiger partial charge in [0.15, 0.2) is 0 Å². The molecule has 0 saturated heterocycles. The van der Waals surface area contributed by atoms with E-state index in [9.17, 15) is 9.59 Å². The summed E-state index contributed by atoms with van der Waals surface area (Å²) in [5, 5.41) is 14.5. The van der Waals surface area contributed by atoms with Gasteiger partial charge in [0.2, 0.25) is 5.91 Å². The third-order valence-electron chi connectivity index (χ3n) is 2.54. The number of rotatable bonds is 7. The van der Waals surface area contributed by atoms with Crippen LogP contribution in [-0.4, -0.2) is 37.1 Å². The molecule has 0 aliphatic rings. The van der Waals surface area contributed by atoms with Crippen LogP contribution in [0.5, 0.6) is 0 Å². The Bertz CT molecular complexity index is 401. The highest BCUT2D eigenvalue weighted by atomic mass is 16.4. The van der Waals surface area contributed by atoms with E-state index in [0.29, 0.717) is 25.9 Å². The highest BCUT2D eigenvalue weighted by Crippen LogP contribution is 2.04. The molecule has 0 bridgehead atoms.